The van der Waals surface area contributed by atoms with E-state index in [0.717, 1.165) is 41.1 Å². The molecule has 1 aliphatic carbocycles. The number of furan rings is 1. The molecule has 3 aromatic rings. The van der Waals surface area contributed by atoms with Gasteiger partial charge in [0.1, 0.15) is 17.4 Å². The van der Waals surface area contributed by atoms with Crippen molar-refractivity contribution in [3.05, 3.63) is 65.4 Å². The predicted octanol–water partition coefficient (Wildman–Crippen LogP) is 3.16. The van der Waals surface area contributed by atoms with Gasteiger partial charge < -0.3 is 8.97 Å². The van der Waals surface area contributed by atoms with Crippen molar-refractivity contribution in [2.45, 2.75) is 31.7 Å². The Bertz CT molecular complexity index is 1030. The highest BCUT2D eigenvalue weighted by atomic mass is 32.2. The molecule has 28 heavy (non-hydrogen) atoms. The number of anilines is 1. The third-order valence-electron chi connectivity index (χ3n) is 5.06. The zero-order chi connectivity index (χ0) is 19.7. The average Bonchev–Trinajstić information content (AvgIpc) is 3.09. The molecule has 2 N–H and O–H groups in total. The minimum atomic E-state index is -2.77. The predicted molar refractivity (Wildman–Crippen MR) is 103 cm³/mol. The standard InChI is InChI=1S/C20H20N2O5S/c23-20(21-24)19(13-6-2-1-3-7-13)22(28(25)26)14-10-11-16-15-8-4-5-9-17(15)27-18(16)12-14/h1-3,6-7,10-12,19,24H,4-5,8-9H2,(H,21,23)(H,25,26)/p-1. The molecule has 1 heterocycles. The molecule has 2 aromatic carbocycles. The van der Waals surface area contributed by atoms with Crippen molar-refractivity contribution in [1.29, 1.82) is 0 Å². The van der Waals surface area contributed by atoms with Gasteiger partial charge in [0, 0.05) is 34.7 Å². The number of amides is 1. The van der Waals surface area contributed by atoms with Crippen LogP contribution in [0.4, 0.5) is 5.69 Å². The van der Waals surface area contributed by atoms with Crippen molar-refractivity contribution in [2.24, 2.45) is 0 Å². The van der Waals surface area contributed by atoms with Gasteiger partial charge in [0.05, 0.1) is 5.69 Å². The van der Waals surface area contributed by atoms with Crippen molar-refractivity contribution >= 4 is 33.8 Å². The monoisotopic (exact) mass is 399 g/mol. The lowest BCUT2D eigenvalue weighted by Gasteiger charge is -2.33. The first-order chi connectivity index (χ1) is 13.6. The van der Waals surface area contributed by atoms with E-state index in [1.54, 1.807) is 47.9 Å². The Morgan fingerprint density at radius 1 is 1.18 bits per heavy atom. The maximum atomic E-state index is 12.4. The van der Waals surface area contributed by atoms with Crippen LogP contribution >= 0.6 is 0 Å². The van der Waals surface area contributed by atoms with E-state index >= 15 is 0 Å². The number of aryl methyl sites for hydroxylation is 2. The molecule has 146 valence electrons. The summed E-state index contributed by atoms with van der Waals surface area (Å²) in [5.41, 5.74) is 4.05. The Hall–Kier alpha value is -2.68. The third kappa shape index (κ3) is 3.30. The van der Waals surface area contributed by atoms with Gasteiger partial charge in [-0.15, -0.1) is 0 Å². The van der Waals surface area contributed by atoms with Crippen molar-refractivity contribution in [2.75, 3.05) is 4.31 Å². The Morgan fingerprint density at radius 2 is 1.93 bits per heavy atom. The Balaban J connectivity index is 1.82. The van der Waals surface area contributed by atoms with Crippen LogP contribution in [0.15, 0.2) is 52.9 Å². The molecule has 4 rings (SSSR count). The lowest BCUT2D eigenvalue weighted by atomic mass is 9.96. The van der Waals surface area contributed by atoms with Crippen molar-refractivity contribution < 1.29 is 23.2 Å². The van der Waals surface area contributed by atoms with E-state index < -0.39 is 23.2 Å². The van der Waals surface area contributed by atoms with Gasteiger partial charge in [0.25, 0.3) is 5.91 Å². The molecule has 0 radical (unpaired) electrons. The molecule has 8 heteroatoms. The van der Waals surface area contributed by atoms with Gasteiger partial charge in [-0.25, -0.2) is 5.48 Å². The molecule has 0 saturated heterocycles. The summed E-state index contributed by atoms with van der Waals surface area (Å²) < 4.78 is 31.1. The van der Waals surface area contributed by atoms with Gasteiger partial charge >= 0.3 is 0 Å². The van der Waals surface area contributed by atoms with Crippen LogP contribution in [0.3, 0.4) is 0 Å². The number of carbonyl (C=O) groups is 1. The molecule has 0 spiro atoms. The second-order valence-electron chi connectivity index (χ2n) is 6.72. The normalized spacial score (nSPS) is 15.6. The number of hydroxylamine groups is 1. The number of nitrogens with one attached hydrogen (secondary N) is 1. The highest BCUT2D eigenvalue weighted by Crippen LogP contribution is 2.36. The molecular formula is C20H19N2O5S-. The van der Waals surface area contributed by atoms with E-state index in [4.69, 9.17) is 4.42 Å². The maximum Gasteiger partial charge on any atom is 0.271 e. The summed E-state index contributed by atoms with van der Waals surface area (Å²) in [6, 6.07) is 12.3. The number of carbonyl (C=O) groups excluding carboxylic acids is 1. The van der Waals surface area contributed by atoms with Crippen LogP contribution in [0.1, 0.15) is 35.8 Å². The van der Waals surface area contributed by atoms with Crippen LogP contribution in [-0.4, -0.2) is 19.9 Å². The second kappa shape index (κ2) is 7.75. The van der Waals surface area contributed by atoms with E-state index in [2.05, 4.69) is 0 Å². The Labute approximate surface area is 164 Å². The molecule has 1 aromatic heterocycles. The topological polar surface area (TPSA) is 106 Å². The average molecular weight is 399 g/mol. The van der Waals surface area contributed by atoms with Crippen LogP contribution in [0.25, 0.3) is 11.0 Å². The minimum Gasteiger partial charge on any atom is -0.755 e. The van der Waals surface area contributed by atoms with Crippen molar-refractivity contribution in [3.63, 3.8) is 0 Å². The number of hydrogen-bond acceptors (Lipinski definition) is 5. The molecule has 1 amide bonds. The maximum absolute atomic E-state index is 12.4. The van der Waals surface area contributed by atoms with E-state index in [0.29, 0.717) is 11.1 Å². The summed E-state index contributed by atoms with van der Waals surface area (Å²) in [6.45, 7) is 0. The molecule has 0 saturated carbocycles. The van der Waals surface area contributed by atoms with E-state index in [9.17, 15) is 18.8 Å². The first-order valence-electron chi connectivity index (χ1n) is 9.02. The SMILES string of the molecule is O=C(NO)C(c1ccccc1)N(c1ccc2c3c(oc2c1)CCCC3)S(=O)[O-]. The summed E-state index contributed by atoms with van der Waals surface area (Å²) in [6.07, 6.45) is 3.99. The molecule has 1 aliphatic rings. The Kier molecular flexibility index (Phi) is 5.17. The van der Waals surface area contributed by atoms with E-state index in [1.165, 1.54) is 5.56 Å². The zero-order valence-electron chi connectivity index (χ0n) is 15.0. The van der Waals surface area contributed by atoms with Crippen molar-refractivity contribution in [1.82, 2.24) is 5.48 Å². The highest BCUT2D eigenvalue weighted by Gasteiger charge is 2.30. The first-order valence-corrected chi connectivity index (χ1v) is 10.0. The van der Waals surface area contributed by atoms with Crippen LogP contribution in [0, 0.1) is 0 Å². The van der Waals surface area contributed by atoms with Crippen LogP contribution < -0.4 is 9.79 Å². The van der Waals surface area contributed by atoms with Gasteiger partial charge in [-0.3, -0.25) is 18.5 Å². The van der Waals surface area contributed by atoms with Gasteiger partial charge in [-0.05, 0) is 37.0 Å². The fraction of sp³-hybridized carbons (Fsp3) is 0.250. The number of benzene rings is 2. The van der Waals surface area contributed by atoms with E-state index in [-0.39, 0.29) is 5.69 Å². The van der Waals surface area contributed by atoms with Crippen LogP contribution in [0.2, 0.25) is 0 Å². The van der Waals surface area contributed by atoms with Gasteiger partial charge in [0.15, 0.2) is 0 Å². The number of nitrogens with zero attached hydrogens (tertiary/aromatic N) is 1. The molecular weight excluding hydrogens is 380 g/mol. The zero-order valence-corrected chi connectivity index (χ0v) is 15.8. The summed E-state index contributed by atoms with van der Waals surface area (Å²) in [7, 11) is 0. The van der Waals surface area contributed by atoms with Gasteiger partial charge in [-0.2, -0.15) is 0 Å². The summed E-state index contributed by atoms with van der Waals surface area (Å²) in [4.78, 5) is 12.4. The van der Waals surface area contributed by atoms with Gasteiger partial charge in [-0.1, -0.05) is 30.3 Å². The third-order valence-corrected chi connectivity index (χ3v) is 5.81. The number of rotatable bonds is 5. The molecule has 2 unspecified atom stereocenters. The van der Waals surface area contributed by atoms with Crippen LogP contribution in [-0.2, 0) is 28.9 Å². The minimum absolute atomic E-state index is 0.282. The largest absolute Gasteiger partial charge is 0.755 e. The summed E-state index contributed by atoms with van der Waals surface area (Å²) in [5.74, 6) is 0.0927. The number of hydrogen-bond donors (Lipinski definition) is 2. The fourth-order valence-corrected chi connectivity index (χ4v) is 4.48. The first kappa shape index (κ1) is 18.7. The molecule has 0 bridgehead atoms. The quantitative estimate of drug-likeness (QED) is 0.389. The highest BCUT2D eigenvalue weighted by molar-refractivity contribution is 7.80. The molecule has 7 nitrogen and oxygen atoms in total. The molecule has 0 fully saturated rings. The summed E-state index contributed by atoms with van der Waals surface area (Å²) in [5, 5.41) is 10.2. The molecule has 2 atom stereocenters. The summed E-state index contributed by atoms with van der Waals surface area (Å²) >= 11 is -2.77. The van der Waals surface area contributed by atoms with E-state index in [1.807, 2.05) is 6.07 Å². The molecule has 0 aliphatic heterocycles. The number of fused-ring (bicyclic) bond motifs is 3. The Morgan fingerprint density at radius 3 is 2.64 bits per heavy atom. The smallest absolute Gasteiger partial charge is 0.271 e. The lowest BCUT2D eigenvalue weighted by molar-refractivity contribution is -0.130. The van der Waals surface area contributed by atoms with Crippen LogP contribution in [0.5, 0.6) is 0 Å². The second-order valence-corrected chi connectivity index (χ2v) is 7.55. The van der Waals surface area contributed by atoms with Crippen molar-refractivity contribution in [3.8, 4) is 0 Å². The lowest BCUT2D eigenvalue weighted by Crippen LogP contribution is -2.40. The van der Waals surface area contributed by atoms with Gasteiger partial charge in [0.2, 0.25) is 0 Å². The fourth-order valence-electron chi connectivity index (χ4n) is 3.80.